The maximum Gasteiger partial charge on any atom is 0.335 e. The van der Waals surface area contributed by atoms with Crippen molar-refractivity contribution in [2.24, 2.45) is 15.9 Å². The molecule has 0 bridgehead atoms. The number of hydrogen-bond acceptors (Lipinski definition) is 7. The first kappa shape index (κ1) is 21.4. The van der Waals surface area contributed by atoms with Crippen molar-refractivity contribution < 1.29 is 14.6 Å². The summed E-state index contributed by atoms with van der Waals surface area (Å²) in [6, 6.07) is 21.3. The lowest BCUT2D eigenvalue weighted by molar-refractivity contribution is 0.0697. The molecule has 0 aliphatic rings. The van der Waals surface area contributed by atoms with Gasteiger partial charge in [0.05, 0.1) is 36.5 Å². The highest BCUT2D eigenvalue weighted by Gasteiger charge is 2.09. The minimum atomic E-state index is -0.990. The van der Waals surface area contributed by atoms with Gasteiger partial charge in [0.2, 0.25) is 0 Å². The van der Waals surface area contributed by atoms with Crippen LogP contribution >= 0.6 is 0 Å². The number of hydrazone groups is 1. The number of nitrogens with two attached hydrogens (primary N) is 1. The summed E-state index contributed by atoms with van der Waals surface area (Å²) in [6.45, 7) is 0. The molecule has 9 heteroatoms. The molecular formula is C24H20N6O3. The third-order valence-corrected chi connectivity index (χ3v) is 4.87. The number of methoxy groups -OCH3 is 1. The lowest BCUT2D eigenvalue weighted by Gasteiger charge is -2.03. The quantitative estimate of drug-likeness (QED) is 0.256. The van der Waals surface area contributed by atoms with E-state index in [-0.39, 0.29) is 5.56 Å². The summed E-state index contributed by atoms with van der Waals surface area (Å²) in [5.41, 5.74) is 4.37. The smallest absolute Gasteiger partial charge is 0.335 e. The molecule has 3 N–H and O–H groups in total. The molecule has 0 unspecified atom stereocenters. The molecule has 9 nitrogen and oxygen atoms in total. The first-order valence-corrected chi connectivity index (χ1v) is 9.90. The topological polar surface area (TPSA) is 128 Å². The van der Waals surface area contributed by atoms with Gasteiger partial charge in [-0.1, -0.05) is 23.4 Å². The number of rotatable bonds is 7. The van der Waals surface area contributed by atoms with E-state index in [4.69, 9.17) is 15.7 Å². The van der Waals surface area contributed by atoms with E-state index in [0.717, 1.165) is 22.6 Å². The standard InChI is InChI=1S/C24H20N6O3/c1-33-21-11-9-20(10-12-21)30-15-23(28-29-30)18-4-2-3-17(13-18)22(27-25)14-26-19-7-5-16(6-8-19)24(31)32/h2-15H,25H2,1H3,(H,31,32). The third kappa shape index (κ3) is 4.93. The lowest BCUT2D eigenvalue weighted by atomic mass is 10.1. The first-order valence-electron chi connectivity index (χ1n) is 9.90. The Bertz CT molecular complexity index is 1330. The summed E-state index contributed by atoms with van der Waals surface area (Å²) < 4.78 is 6.87. The number of carboxylic acid groups (broad SMARTS) is 1. The molecule has 1 aromatic heterocycles. The molecule has 0 saturated heterocycles. The number of aliphatic imine (C=N–C) groups is 1. The Morgan fingerprint density at radius 2 is 1.82 bits per heavy atom. The van der Waals surface area contributed by atoms with E-state index >= 15 is 0 Å². The van der Waals surface area contributed by atoms with Gasteiger partial charge in [-0.25, -0.2) is 9.48 Å². The number of carbonyl (C=O) groups is 1. The SMILES string of the molecule is COc1ccc(-n2cc(-c3cccc(C(C=Nc4ccc(C(=O)O)cc4)=NN)c3)nn2)cc1. The predicted octanol–water partition coefficient (Wildman–Crippen LogP) is 3.71. The average molecular weight is 440 g/mol. The van der Waals surface area contributed by atoms with Crippen LogP contribution in [0, 0.1) is 0 Å². The van der Waals surface area contributed by atoms with Crippen molar-refractivity contribution in [3.05, 3.63) is 90.1 Å². The van der Waals surface area contributed by atoms with Crippen molar-refractivity contribution in [3.63, 3.8) is 0 Å². The van der Waals surface area contributed by atoms with Crippen LogP contribution in [0.1, 0.15) is 15.9 Å². The van der Waals surface area contributed by atoms with Gasteiger partial charge in [-0.2, -0.15) is 5.10 Å². The molecule has 0 spiro atoms. The van der Waals surface area contributed by atoms with Crippen LogP contribution in [-0.4, -0.2) is 45.1 Å². The molecule has 0 saturated carbocycles. The molecule has 0 aliphatic carbocycles. The zero-order chi connectivity index (χ0) is 23.2. The summed E-state index contributed by atoms with van der Waals surface area (Å²) in [5.74, 6) is 5.38. The largest absolute Gasteiger partial charge is 0.497 e. The Kier molecular flexibility index (Phi) is 6.21. The third-order valence-electron chi connectivity index (χ3n) is 4.87. The summed E-state index contributed by atoms with van der Waals surface area (Å²) in [4.78, 5) is 15.3. The molecule has 0 radical (unpaired) electrons. The van der Waals surface area contributed by atoms with Crippen LogP contribution in [0.4, 0.5) is 5.69 Å². The Balaban J connectivity index is 1.55. The Hall–Kier alpha value is -4.79. The van der Waals surface area contributed by atoms with Crippen molar-refractivity contribution in [3.8, 4) is 22.7 Å². The van der Waals surface area contributed by atoms with Gasteiger partial charge in [0.15, 0.2) is 0 Å². The van der Waals surface area contributed by atoms with E-state index in [1.54, 1.807) is 23.9 Å². The van der Waals surface area contributed by atoms with Crippen molar-refractivity contribution in [1.82, 2.24) is 15.0 Å². The lowest BCUT2D eigenvalue weighted by Crippen LogP contribution is -2.06. The van der Waals surface area contributed by atoms with Crippen LogP contribution in [0.2, 0.25) is 0 Å². The molecule has 0 amide bonds. The number of benzene rings is 3. The molecule has 33 heavy (non-hydrogen) atoms. The maximum atomic E-state index is 11.0. The van der Waals surface area contributed by atoms with Crippen molar-refractivity contribution in [1.29, 1.82) is 0 Å². The maximum absolute atomic E-state index is 11.0. The monoisotopic (exact) mass is 440 g/mol. The van der Waals surface area contributed by atoms with E-state index in [2.05, 4.69) is 20.4 Å². The molecular weight excluding hydrogens is 420 g/mol. The number of aromatic nitrogens is 3. The summed E-state index contributed by atoms with van der Waals surface area (Å²) in [7, 11) is 1.62. The number of hydrogen-bond donors (Lipinski definition) is 2. The van der Waals surface area contributed by atoms with Gasteiger partial charge in [-0.15, -0.1) is 5.10 Å². The average Bonchev–Trinajstić information content (AvgIpc) is 3.35. The van der Waals surface area contributed by atoms with Crippen molar-refractivity contribution in [2.75, 3.05) is 7.11 Å². The van der Waals surface area contributed by atoms with E-state index in [1.807, 2.05) is 54.7 Å². The molecule has 0 fully saturated rings. The minimum absolute atomic E-state index is 0.192. The highest BCUT2D eigenvalue weighted by molar-refractivity contribution is 6.38. The normalized spacial score (nSPS) is 11.6. The van der Waals surface area contributed by atoms with Crippen LogP contribution in [0.3, 0.4) is 0 Å². The van der Waals surface area contributed by atoms with E-state index in [1.165, 1.54) is 18.3 Å². The zero-order valence-electron chi connectivity index (χ0n) is 17.7. The van der Waals surface area contributed by atoms with Crippen LogP contribution in [0.15, 0.2) is 89.1 Å². The number of nitrogens with zero attached hydrogens (tertiary/aromatic N) is 5. The fourth-order valence-corrected chi connectivity index (χ4v) is 3.10. The Morgan fingerprint density at radius 1 is 1.06 bits per heavy atom. The number of ether oxygens (including phenoxy) is 1. The van der Waals surface area contributed by atoms with Crippen molar-refractivity contribution in [2.45, 2.75) is 0 Å². The zero-order valence-corrected chi connectivity index (χ0v) is 17.7. The summed E-state index contributed by atoms with van der Waals surface area (Å²) in [6.07, 6.45) is 3.36. The Morgan fingerprint density at radius 3 is 2.48 bits per heavy atom. The molecule has 0 aliphatic heterocycles. The predicted molar refractivity (Wildman–Crippen MR) is 126 cm³/mol. The Labute approximate surface area is 189 Å². The van der Waals surface area contributed by atoms with Crippen LogP contribution < -0.4 is 10.6 Å². The van der Waals surface area contributed by atoms with E-state index in [9.17, 15) is 4.79 Å². The molecule has 3 aromatic carbocycles. The molecule has 4 rings (SSSR count). The highest BCUT2D eigenvalue weighted by Crippen LogP contribution is 2.21. The number of carboxylic acids is 1. The highest BCUT2D eigenvalue weighted by atomic mass is 16.5. The summed E-state index contributed by atoms with van der Waals surface area (Å²) in [5, 5.41) is 21.3. The van der Waals surface area contributed by atoms with Gasteiger partial charge in [0, 0.05) is 11.1 Å². The van der Waals surface area contributed by atoms with Gasteiger partial charge in [-0.3, -0.25) is 4.99 Å². The van der Waals surface area contributed by atoms with Crippen LogP contribution in [0.25, 0.3) is 16.9 Å². The van der Waals surface area contributed by atoms with Crippen LogP contribution in [-0.2, 0) is 0 Å². The number of aromatic carboxylic acids is 1. The van der Waals surface area contributed by atoms with Crippen LogP contribution in [0.5, 0.6) is 5.75 Å². The second-order valence-electron chi connectivity index (χ2n) is 6.95. The van der Waals surface area contributed by atoms with Gasteiger partial charge in [0.25, 0.3) is 0 Å². The van der Waals surface area contributed by atoms with Gasteiger partial charge < -0.3 is 15.7 Å². The van der Waals surface area contributed by atoms with E-state index < -0.39 is 5.97 Å². The molecule has 4 aromatic rings. The fraction of sp³-hybridized carbons (Fsp3) is 0.0417. The molecule has 1 heterocycles. The first-order chi connectivity index (χ1) is 16.1. The molecule has 0 atom stereocenters. The van der Waals surface area contributed by atoms with Gasteiger partial charge >= 0.3 is 5.97 Å². The summed E-state index contributed by atoms with van der Waals surface area (Å²) >= 11 is 0. The molecule has 164 valence electrons. The van der Waals surface area contributed by atoms with Gasteiger partial charge in [0.1, 0.15) is 17.2 Å². The van der Waals surface area contributed by atoms with Crippen molar-refractivity contribution >= 4 is 23.6 Å². The van der Waals surface area contributed by atoms with Gasteiger partial charge in [-0.05, 0) is 54.6 Å². The minimum Gasteiger partial charge on any atom is -0.497 e. The fourth-order valence-electron chi connectivity index (χ4n) is 3.10. The van der Waals surface area contributed by atoms with E-state index in [0.29, 0.717) is 17.1 Å². The second kappa shape index (κ2) is 9.56. The second-order valence-corrected chi connectivity index (χ2v) is 6.95.